The molecular formula is C19H25NO2S. The van der Waals surface area contributed by atoms with Crippen LogP contribution in [0.2, 0.25) is 0 Å². The maximum absolute atomic E-state index is 12.6. The number of amides is 1. The molecule has 2 N–H and O–H groups in total. The Morgan fingerprint density at radius 3 is 2.65 bits per heavy atom. The number of aliphatic hydroxyl groups excluding tert-OH is 1. The van der Waals surface area contributed by atoms with Crippen molar-refractivity contribution in [2.45, 2.75) is 56.4 Å². The average Bonchev–Trinajstić information content (AvgIpc) is 2.79. The van der Waals surface area contributed by atoms with E-state index in [9.17, 15) is 9.90 Å². The molecule has 3 nitrogen and oxygen atoms in total. The molecule has 0 aromatic heterocycles. The van der Waals surface area contributed by atoms with E-state index in [0.717, 1.165) is 47.6 Å². The fourth-order valence-corrected chi connectivity index (χ4v) is 4.57. The number of hydrogen-bond donors (Lipinski definition) is 2. The minimum atomic E-state index is -0.529. The van der Waals surface area contributed by atoms with Crippen LogP contribution < -0.4 is 5.32 Å². The largest absolute Gasteiger partial charge is 0.509 e. The average molecular weight is 331 g/mol. The van der Waals surface area contributed by atoms with Crippen LogP contribution in [-0.4, -0.2) is 22.8 Å². The van der Waals surface area contributed by atoms with Gasteiger partial charge in [-0.1, -0.05) is 25.5 Å². The number of aliphatic hydroxyl groups is 1. The van der Waals surface area contributed by atoms with Crippen molar-refractivity contribution in [3.63, 3.8) is 0 Å². The van der Waals surface area contributed by atoms with Crippen molar-refractivity contribution in [1.82, 2.24) is 5.32 Å². The van der Waals surface area contributed by atoms with E-state index in [1.165, 1.54) is 6.42 Å². The summed E-state index contributed by atoms with van der Waals surface area (Å²) in [7, 11) is 0. The van der Waals surface area contributed by atoms with Crippen LogP contribution in [0.3, 0.4) is 0 Å². The van der Waals surface area contributed by atoms with Crippen LogP contribution >= 0.6 is 11.8 Å². The topological polar surface area (TPSA) is 49.3 Å². The molecule has 23 heavy (non-hydrogen) atoms. The monoisotopic (exact) mass is 331 g/mol. The molecule has 1 amide bonds. The molecule has 3 rings (SSSR count). The van der Waals surface area contributed by atoms with Crippen LogP contribution in [-0.2, 0) is 4.79 Å². The standard InChI is InChI=1S/C19H25NO2S/c1-4-13-7-9-19(10-8-13)17(21)16(18(22)20-19)14-6-5-12(2)11-15(14)23-3/h5-6,11,13,21H,4,7-10H2,1-3H3,(H,20,22). The number of benzene rings is 1. The lowest BCUT2D eigenvalue weighted by Crippen LogP contribution is -2.47. The summed E-state index contributed by atoms with van der Waals surface area (Å²) in [5, 5.41) is 14.0. The van der Waals surface area contributed by atoms with Crippen molar-refractivity contribution in [2.75, 3.05) is 6.26 Å². The minimum absolute atomic E-state index is 0.128. The van der Waals surface area contributed by atoms with E-state index < -0.39 is 5.54 Å². The number of carbonyl (C=O) groups is 1. The van der Waals surface area contributed by atoms with Gasteiger partial charge in [0.2, 0.25) is 0 Å². The number of carbonyl (C=O) groups excluding carboxylic acids is 1. The van der Waals surface area contributed by atoms with Crippen molar-refractivity contribution < 1.29 is 9.90 Å². The molecule has 0 bridgehead atoms. The normalized spacial score (nSPS) is 27.6. The predicted octanol–water partition coefficient (Wildman–Crippen LogP) is 4.45. The first kappa shape index (κ1) is 16.4. The highest BCUT2D eigenvalue weighted by Crippen LogP contribution is 2.44. The summed E-state index contributed by atoms with van der Waals surface area (Å²) in [6.45, 7) is 4.26. The molecule has 0 unspecified atom stereocenters. The molecule has 1 spiro atoms. The Hall–Kier alpha value is -1.42. The second-order valence-corrected chi connectivity index (χ2v) is 7.66. The molecule has 0 radical (unpaired) electrons. The first-order valence-corrected chi connectivity index (χ1v) is 9.64. The molecule has 1 saturated carbocycles. The first-order chi connectivity index (χ1) is 11.0. The van der Waals surface area contributed by atoms with Gasteiger partial charge in [-0.2, -0.15) is 0 Å². The molecule has 1 aromatic rings. The zero-order valence-corrected chi connectivity index (χ0v) is 14.9. The highest BCUT2D eigenvalue weighted by atomic mass is 32.2. The van der Waals surface area contributed by atoms with Gasteiger partial charge in [0.1, 0.15) is 5.76 Å². The van der Waals surface area contributed by atoms with Crippen LogP contribution in [0.1, 0.15) is 50.2 Å². The Morgan fingerprint density at radius 1 is 1.35 bits per heavy atom. The minimum Gasteiger partial charge on any atom is -0.509 e. The van der Waals surface area contributed by atoms with E-state index in [4.69, 9.17) is 0 Å². The molecule has 124 valence electrons. The van der Waals surface area contributed by atoms with Gasteiger partial charge < -0.3 is 10.4 Å². The van der Waals surface area contributed by atoms with Gasteiger partial charge in [-0.05, 0) is 56.4 Å². The zero-order chi connectivity index (χ0) is 16.6. The van der Waals surface area contributed by atoms with E-state index in [-0.39, 0.29) is 11.7 Å². The van der Waals surface area contributed by atoms with Crippen LogP contribution in [0.4, 0.5) is 0 Å². The zero-order valence-electron chi connectivity index (χ0n) is 14.1. The van der Waals surface area contributed by atoms with E-state index in [0.29, 0.717) is 5.57 Å². The molecule has 0 atom stereocenters. The number of rotatable bonds is 3. The molecule has 1 fully saturated rings. The first-order valence-electron chi connectivity index (χ1n) is 8.42. The predicted molar refractivity (Wildman–Crippen MR) is 95.6 cm³/mol. The summed E-state index contributed by atoms with van der Waals surface area (Å²) in [4.78, 5) is 13.7. The van der Waals surface area contributed by atoms with Gasteiger partial charge in [0, 0.05) is 10.5 Å². The van der Waals surface area contributed by atoms with Gasteiger partial charge in [0.05, 0.1) is 11.1 Å². The van der Waals surface area contributed by atoms with Crippen molar-refractivity contribution in [1.29, 1.82) is 0 Å². The lowest BCUT2D eigenvalue weighted by atomic mass is 9.75. The lowest BCUT2D eigenvalue weighted by Gasteiger charge is -2.36. The molecule has 0 saturated heterocycles. The molecule has 1 aromatic carbocycles. The highest BCUT2D eigenvalue weighted by molar-refractivity contribution is 7.98. The third-order valence-electron chi connectivity index (χ3n) is 5.43. The number of thioether (sulfide) groups is 1. The van der Waals surface area contributed by atoms with Gasteiger partial charge in [-0.15, -0.1) is 11.8 Å². The van der Waals surface area contributed by atoms with Crippen molar-refractivity contribution in [3.8, 4) is 0 Å². The van der Waals surface area contributed by atoms with Gasteiger partial charge in [-0.25, -0.2) is 0 Å². The van der Waals surface area contributed by atoms with Crippen LogP contribution in [0, 0.1) is 12.8 Å². The summed E-state index contributed by atoms with van der Waals surface area (Å²) in [6.07, 6.45) is 7.00. The maximum atomic E-state index is 12.6. The Bertz CT molecular complexity index is 657. The van der Waals surface area contributed by atoms with Crippen LogP contribution in [0.25, 0.3) is 5.57 Å². The number of aryl methyl sites for hydroxylation is 1. The summed E-state index contributed by atoms with van der Waals surface area (Å²) >= 11 is 1.61. The number of nitrogens with one attached hydrogen (secondary N) is 1. The summed E-state index contributed by atoms with van der Waals surface area (Å²) < 4.78 is 0. The van der Waals surface area contributed by atoms with Gasteiger partial charge in [-0.3, -0.25) is 4.79 Å². The van der Waals surface area contributed by atoms with Gasteiger partial charge in [0.25, 0.3) is 5.91 Å². The molecule has 1 aliphatic heterocycles. The van der Waals surface area contributed by atoms with Gasteiger partial charge in [0.15, 0.2) is 0 Å². The lowest BCUT2D eigenvalue weighted by molar-refractivity contribution is -0.116. The second-order valence-electron chi connectivity index (χ2n) is 6.82. The van der Waals surface area contributed by atoms with Crippen molar-refractivity contribution in [2.24, 2.45) is 5.92 Å². The Labute approximate surface area is 142 Å². The third-order valence-corrected chi connectivity index (χ3v) is 6.21. The number of hydrogen-bond acceptors (Lipinski definition) is 3. The summed E-state index contributed by atoms with van der Waals surface area (Å²) in [6, 6.07) is 6.04. The Kier molecular flexibility index (Phi) is 4.45. The fraction of sp³-hybridized carbons (Fsp3) is 0.526. The molecule has 1 aliphatic carbocycles. The quantitative estimate of drug-likeness (QED) is 0.804. The SMILES string of the molecule is CCC1CCC2(CC1)NC(=O)C(c1ccc(C)cc1SC)=C2O. The van der Waals surface area contributed by atoms with E-state index in [1.54, 1.807) is 11.8 Å². The second kappa shape index (κ2) is 6.23. The molecule has 2 aliphatic rings. The summed E-state index contributed by atoms with van der Waals surface area (Å²) in [5.41, 5.74) is 1.96. The fourth-order valence-electron chi connectivity index (χ4n) is 3.88. The smallest absolute Gasteiger partial charge is 0.256 e. The molecule has 1 heterocycles. The van der Waals surface area contributed by atoms with E-state index in [1.807, 2.05) is 25.3 Å². The Balaban J connectivity index is 2.00. The van der Waals surface area contributed by atoms with Crippen molar-refractivity contribution >= 4 is 23.2 Å². The van der Waals surface area contributed by atoms with Crippen LogP contribution in [0.15, 0.2) is 28.9 Å². The Morgan fingerprint density at radius 2 is 2.04 bits per heavy atom. The highest BCUT2D eigenvalue weighted by Gasteiger charge is 2.47. The molecule has 4 heteroatoms. The van der Waals surface area contributed by atoms with Crippen LogP contribution in [0.5, 0.6) is 0 Å². The van der Waals surface area contributed by atoms with E-state index >= 15 is 0 Å². The van der Waals surface area contributed by atoms with Crippen molar-refractivity contribution in [3.05, 3.63) is 35.1 Å². The van der Waals surface area contributed by atoms with Gasteiger partial charge >= 0.3 is 0 Å². The van der Waals surface area contributed by atoms with E-state index in [2.05, 4.69) is 18.3 Å². The summed E-state index contributed by atoms with van der Waals surface area (Å²) in [5.74, 6) is 0.850. The third kappa shape index (κ3) is 2.78. The maximum Gasteiger partial charge on any atom is 0.256 e. The molecular weight excluding hydrogens is 306 g/mol.